The summed E-state index contributed by atoms with van der Waals surface area (Å²) in [4.78, 5) is 16.6. The summed E-state index contributed by atoms with van der Waals surface area (Å²) in [5.41, 5.74) is 1.86. The first-order valence-corrected chi connectivity index (χ1v) is 10.7. The number of nitrogens with one attached hydrogen (secondary N) is 3. The lowest BCUT2D eigenvalue weighted by Gasteiger charge is -2.13. The SMILES string of the molecule is CCNC(=NCc1cccc(NC(=O)CC(C)C)c1)NCCCOC1CCOC1. The van der Waals surface area contributed by atoms with Crippen molar-refractivity contribution in [2.45, 2.75) is 52.7 Å². The Hall–Kier alpha value is -2.12. The van der Waals surface area contributed by atoms with Gasteiger partial charge >= 0.3 is 0 Å². The highest BCUT2D eigenvalue weighted by Crippen LogP contribution is 2.13. The van der Waals surface area contributed by atoms with E-state index < -0.39 is 0 Å². The van der Waals surface area contributed by atoms with E-state index in [1.807, 2.05) is 45.0 Å². The second-order valence-corrected chi connectivity index (χ2v) is 7.68. The second kappa shape index (κ2) is 13.2. The Bertz CT molecular complexity index is 643. The molecule has 29 heavy (non-hydrogen) atoms. The van der Waals surface area contributed by atoms with Crippen molar-refractivity contribution in [2.75, 3.05) is 38.2 Å². The van der Waals surface area contributed by atoms with E-state index in [9.17, 15) is 4.79 Å². The predicted molar refractivity (Wildman–Crippen MR) is 117 cm³/mol. The van der Waals surface area contributed by atoms with E-state index >= 15 is 0 Å². The van der Waals surface area contributed by atoms with Crippen LogP contribution in [-0.4, -0.2) is 50.9 Å². The lowest BCUT2D eigenvalue weighted by molar-refractivity contribution is -0.116. The molecule has 0 bridgehead atoms. The summed E-state index contributed by atoms with van der Waals surface area (Å²) in [6, 6.07) is 7.84. The van der Waals surface area contributed by atoms with Crippen LogP contribution in [0.1, 0.15) is 45.6 Å². The highest BCUT2D eigenvalue weighted by Gasteiger charge is 2.15. The van der Waals surface area contributed by atoms with Gasteiger partial charge in [-0.15, -0.1) is 0 Å². The zero-order valence-corrected chi connectivity index (χ0v) is 18.0. The number of anilines is 1. The first-order chi connectivity index (χ1) is 14.1. The van der Waals surface area contributed by atoms with Gasteiger partial charge in [0.1, 0.15) is 0 Å². The molecule has 1 fully saturated rings. The lowest BCUT2D eigenvalue weighted by Crippen LogP contribution is -2.38. The van der Waals surface area contributed by atoms with Gasteiger partial charge in [0.15, 0.2) is 5.96 Å². The van der Waals surface area contributed by atoms with Gasteiger partial charge in [-0.3, -0.25) is 4.79 Å². The van der Waals surface area contributed by atoms with Crippen LogP contribution in [0.4, 0.5) is 5.69 Å². The van der Waals surface area contributed by atoms with Gasteiger partial charge in [0.25, 0.3) is 0 Å². The maximum Gasteiger partial charge on any atom is 0.224 e. The molecule has 0 aliphatic carbocycles. The Morgan fingerprint density at radius 2 is 2.21 bits per heavy atom. The van der Waals surface area contributed by atoms with E-state index in [2.05, 4.69) is 20.9 Å². The van der Waals surface area contributed by atoms with E-state index in [1.165, 1.54) is 0 Å². The average molecular weight is 405 g/mol. The Morgan fingerprint density at radius 1 is 1.34 bits per heavy atom. The summed E-state index contributed by atoms with van der Waals surface area (Å²) in [5, 5.41) is 9.56. The smallest absolute Gasteiger partial charge is 0.224 e. The van der Waals surface area contributed by atoms with Crippen molar-refractivity contribution in [1.82, 2.24) is 10.6 Å². The first-order valence-electron chi connectivity index (χ1n) is 10.7. The molecule has 7 nitrogen and oxygen atoms in total. The Morgan fingerprint density at radius 3 is 2.93 bits per heavy atom. The number of nitrogens with zero attached hydrogens (tertiary/aromatic N) is 1. The van der Waals surface area contributed by atoms with E-state index in [4.69, 9.17) is 9.47 Å². The lowest BCUT2D eigenvalue weighted by atomic mass is 10.1. The molecule has 0 saturated carbocycles. The van der Waals surface area contributed by atoms with Crippen molar-refractivity contribution in [3.63, 3.8) is 0 Å². The number of carbonyl (C=O) groups excluding carboxylic acids is 1. The van der Waals surface area contributed by atoms with Crippen molar-refractivity contribution < 1.29 is 14.3 Å². The number of carbonyl (C=O) groups is 1. The van der Waals surface area contributed by atoms with Crippen molar-refractivity contribution in [3.05, 3.63) is 29.8 Å². The fourth-order valence-electron chi connectivity index (χ4n) is 3.02. The summed E-state index contributed by atoms with van der Waals surface area (Å²) in [6.07, 6.45) is 2.69. The summed E-state index contributed by atoms with van der Waals surface area (Å²) in [5.74, 6) is 1.17. The van der Waals surface area contributed by atoms with Gasteiger partial charge in [-0.05, 0) is 43.4 Å². The predicted octanol–water partition coefficient (Wildman–Crippen LogP) is 2.92. The van der Waals surface area contributed by atoms with Gasteiger partial charge in [-0.2, -0.15) is 0 Å². The molecule has 0 aromatic heterocycles. The zero-order chi connectivity index (χ0) is 20.9. The van der Waals surface area contributed by atoms with Crippen LogP contribution in [-0.2, 0) is 20.8 Å². The Balaban J connectivity index is 1.77. The molecule has 1 saturated heterocycles. The third kappa shape index (κ3) is 9.76. The number of aliphatic imine (C=N–C) groups is 1. The molecular formula is C22H36N4O3. The highest BCUT2D eigenvalue weighted by molar-refractivity contribution is 5.90. The molecule has 1 unspecified atom stereocenters. The van der Waals surface area contributed by atoms with Gasteiger partial charge < -0.3 is 25.4 Å². The molecule has 0 spiro atoms. The van der Waals surface area contributed by atoms with Crippen LogP contribution < -0.4 is 16.0 Å². The molecule has 2 rings (SSSR count). The minimum Gasteiger partial charge on any atom is -0.379 e. The van der Waals surface area contributed by atoms with Gasteiger partial charge in [-0.25, -0.2) is 4.99 Å². The van der Waals surface area contributed by atoms with Gasteiger partial charge in [0.05, 0.1) is 19.3 Å². The van der Waals surface area contributed by atoms with Crippen molar-refractivity contribution >= 4 is 17.6 Å². The molecule has 1 amide bonds. The highest BCUT2D eigenvalue weighted by atomic mass is 16.5. The normalized spacial score (nSPS) is 16.8. The van der Waals surface area contributed by atoms with Gasteiger partial charge in [0, 0.05) is 38.4 Å². The fraction of sp³-hybridized carbons (Fsp3) is 0.636. The molecule has 1 aromatic carbocycles. The van der Waals surface area contributed by atoms with E-state index in [0.29, 0.717) is 25.5 Å². The molecule has 7 heteroatoms. The maximum atomic E-state index is 12.0. The summed E-state index contributed by atoms with van der Waals surface area (Å²) >= 11 is 0. The summed E-state index contributed by atoms with van der Waals surface area (Å²) in [7, 11) is 0. The Kier molecular flexibility index (Phi) is 10.5. The number of benzene rings is 1. The first kappa shape index (κ1) is 23.2. The maximum absolute atomic E-state index is 12.0. The Labute approximate surface area is 174 Å². The monoisotopic (exact) mass is 404 g/mol. The summed E-state index contributed by atoms with van der Waals surface area (Å²) in [6.45, 7) is 10.5. The van der Waals surface area contributed by atoms with Crippen LogP contribution in [0.3, 0.4) is 0 Å². The molecule has 1 atom stereocenters. The number of guanidine groups is 1. The molecule has 162 valence electrons. The molecular weight excluding hydrogens is 368 g/mol. The number of rotatable bonds is 11. The third-order valence-corrected chi connectivity index (χ3v) is 4.42. The van der Waals surface area contributed by atoms with Gasteiger partial charge in [-0.1, -0.05) is 26.0 Å². The largest absolute Gasteiger partial charge is 0.379 e. The van der Waals surface area contributed by atoms with Crippen molar-refractivity contribution in [3.8, 4) is 0 Å². The van der Waals surface area contributed by atoms with Crippen LogP contribution in [0.25, 0.3) is 0 Å². The summed E-state index contributed by atoms with van der Waals surface area (Å²) < 4.78 is 11.1. The molecule has 1 aliphatic rings. The molecule has 1 heterocycles. The van der Waals surface area contributed by atoms with Crippen molar-refractivity contribution in [2.24, 2.45) is 10.9 Å². The molecule has 0 radical (unpaired) electrons. The number of hydrogen-bond donors (Lipinski definition) is 3. The minimum atomic E-state index is 0.0436. The van der Waals surface area contributed by atoms with Crippen LogP contribution in [0.2, 0.25) is 0 Å². The fourth-order valence-corrected chi connectivity index (χ4v) is 3.02. The number of amides is 1. The van der Waals surface area contributed by atoms with Crippen LogP contribution in [0.15, 0.2) is 29.3 Å². The molecule has 3 N–H and O–H groups in total. The van der Waals surface area contributed by atoms with Crippen LogP contribution in [0, 0.1) is 5.92 Å². The second-order valence-electron chi connectivity index (χ2n) is 7.68. The van der Waals surface area contributed by atoms with Crippen molar-refractivity contribution in [1.29, 1.82) is 0 Å². The number of ether oxygens (including phenoxy) is 2. The van der Waals surface area contributed by atoms with Crippen LogP contribution in [0.5, 0.6) is 0 Å². The average Bonchev–Trinajstić information content (AvgIpc) is 3.19. The van der Waals surface area contributed by atoms with Crippen LogP contribution >= 0.6 is 0 Å². The van der Waals surface area contributed by atoms with Gasteiger partial charge in [0.2, 0.25) is 5.91 Å². The minimum absolute atomic E-state index is 0.0436. The topological polar surface area (TPSA) is 84.0 Å². The standard InChI is InChI=1S/C22H36N4O3/c1-4-23-22(24-10-6-11-29-20-9-12-28-16-20)25-15-18-7-5-8-19(14-18)26-21(27)13-17(2)3/h5,7-8,14,17,20H,4,6,9-13,15-16H2,1-3H3,(H,26,27)(H2,23,24,25). The number of hydrogen-bond acceptors (Lipinski definition) is 4. The van der Waals surface area contributed by atoms with E-state index in [1.54, 1.807) is 0 Å². The molecule has 1 aromatic rings. The third-order valence-electron chi connectivity index (χ3n) is 4.42. The zero-order valence-electron chi connectivity index (χ0n) is 18.0. The van der Waals surface area contributed by atoms with E-state index in [-0.39, 0.29) is 12.0 Å². The quantitative estimate of drug-likeness (QED) is 0.300. The van der Waals surface area contributed by atoms with E-state index in [0.717, 1.165) is 56.4 Å². The molecule has 1 aliphatic heterocycles.